The van der Waals surface area contributed by atoms with Gasteiger partial charge in [0.05, 0.1) is 20.8 Å². The second-order valence-electron chi connectivity index (χ2n) is 7.24. The van der Waals surface area contributed by atoms with Crippen molar-refractivity contribution >= 4 is 21.8 Å². The molecule has 2 amide bonds. The molecule has 1 aliphatic rings. The van der Waals surface area contributed by atoms with Crippen molar-refractivity contribution in [3.05, 3.63) is 18.2 Å². The van der Waals surface area contributed by atoms with Gasteiger partial charge in [0.25, 0.3) is 0 Å². The van der Waals surface area contributed by atoms with Gasteiger partial charge in [-0.25, -0.2) is 13.1 Å². The first kappa shape index (κ1) is 23.9. The van der Waals surface area contributed by atoms with Crippen molar-refractivity contribution in [3.63, 3.8) is 0 Å². The van der Waals surface area contributed by atoms with Crippen LogP contribution in [0.5, 0.6) is 11.5 Å². The molecule has 0 aliphatic carbocycles. The molecular weight excluding hydrogens is 410 g/mol. The molecule has 1 aromatic carbocycles. The summed E-state index contributed by atoms with van der Waals surface area (Å²) in [5, 5.41) is 2.90. The third-order valence-electron chi connectivity index (χ3n) is 5.01. The first-order chi connectivity index (χ1) is 14.3. The minimum Gasteiger partial charge on any atom is -0.497 e. The van der Waals surface area contributed by atoms with Gasteiger partial charge in [-0.2, -0.15) is 0 Å². The van der Waals surface area contributed by atoms with Crippen molar-refractivity contribution in [2.45, 2.75) is 37.5 Å². The number of rotatable bonds is 10. The molecule has 1 atom stereocenters. The second-order valence-corrected chi connectivity index (χ2v) is 8.98. The summed E-state index contributed by atoms with van der Waals surface area (Å²) in [5.41, 5.74) is 0. The summed E-state index contributed by atoms with van der Waals surface area (Å²) in [4.78, 5) is 25.8. The lowest BCUT2D eigenvalue weighted by atomic mass is 9.98. The fourth-order valence-corrected chi connectivity index (χ4v) is 4.53. The maximum atomic E-state index is 12.7. The highest BCUT2D eigenvalue weighted by molar-refractivity contribution is 7.89. The molecule has 0 aromatic heterocycles. The van der Waals surface area contributed by atoms with E-state index < -0.39 is 10.0 Å². The predicted molar refractivity (Wildman–Crippen MR) is 112 cm³/mol. The minimum atomic E-state index is -3.97. The van der Waals surface area contributed by atoms with E-state index in [1.165, 1.54) is 26.4 Å². The highest BCUT2D eigenvalue weighted by atomic mass is 32.2. The highest BCUT2D eigenvalue weighted by Crippen LogP contribution is 2.28. The number of benzene rings is 1. The lowest BCUT2D eigenvalue weighted by Crippen LogP contribution is -2.47. The van der Waals surface area contributed by atoms with Crippen LogP contribution in [0.2, 0.25) is 0 Å². The summed E-state index contributed by atoms with van der Waals surface area (Å²) >= 11 is 0. The minimum absolute atomic E-state index is 0.0148. The van der Waals surface area contributed by atoms with Gasteiger partial charge in [-0.3, -0.25) is 9.59 Å². The SMILES string of the molecule is CCCC(=O)NC[C@H]1CCCN(C(=O)CNS(=O)(=O)c2cc(OC)ccc2OC)C1. The first-order valence-electron chi connectivity index (χ1n) is 10.1. The summed E-state index contributed by atoms with van der Waals surface area (Å²) in [6, 6.07) is 4.44. The summed E-state index contributed by atoms with van der Waals surface area (Å²) in [6.45, 7) is 3.19. The molecule has 1 aromatic rings. The van der Waals surface area contributed by atoms with Gasteiger partial charge in [0, 0.05) is 32.1 Å². The van der Waals surface area contributed by atoms with Crippen LogP contribution in [-0.2, 0) is 19.6 Å². The van der Waals surface area contributed by atoms with Crippen molar-refractivity contribution in [2.24, 2.45) is 5.92 Å². The Morgan fingerprint density at radius 1 is 1.23 bits per heavy atom. The van der Waals surface area contributed by atoms with Gasteiger partial charge in [-0.1, -0.05) is 6.92 Å². The van der Waals surface area contributed by atoms with Crippen LogP contribution in [0.15, 0.2) is 23.1 Å². The van der Waals surface area contributed by atoms with Crippen LogP contribution in [0.25, 0.3) is 0 Å². The fraction of sp³-hybridized carbons (Fsp3) is 0.600. The van der Waals surface area contributed by atoms with Crippen LogP contribution < -0.4 is 19.5 Å². The Morgan fingerprint density at radius 3 is 2.67 bits per heavy atom. The molecule has 0 radical (unpaired) electrons. The molecule has 1 aliphatic heterocycles. The number of hydrogen-bond acceptors (Lipinski definition) is 6. The molecule has 1 saturated heterocycles. The first-order valence-corrected chi connectivity index (χ1v) is 11.5. The van der Waals surface area contributed by atoms with Crippen molar-refractivity contribution in [1.29, 1.82) is 0 Å². The number of nitrogens with zero attached hydrogens (tertiary/aromatic N) is 1. The summed E-state index contributed by atoms with van der Waals surface area (Å²) in [5.74, 6) is 0.410. The Bertz CT molecular complexity index is 843. The second kappa shape index (κ2) is 11.2. The Kier molecular flexibility index (Phi) is 8.91. The van der Waals surface area contributed by atoms with Crippen LogP contribution in [0.4, 0.5) is 0 Å². The highest BCUT2D eigenvalue weighted by Gasteiger charge is 2.26. The molecule has 30 heavy (non-hydrogen) atoms. The number of hydrogen-bond donors (Lipinski definition) is 2. The van der Waals surface area contributed by atoms with E-state index in [2.05, 4.69) is 10.0 Å². The average Bonchev–Trinajstić information content (AvgIpc) is 2.76. The monoisotopic (exact) mass is 441 g/mol. The number of methoxy groups -OCH3 is 2. The van der Waals surface area contributed by atoms with E-state index in [1.807, 2.05) is 6.92 Å². The average molecular weight is 442 g/mol. The van der Waals surface area contributed by atoms with E-state index in [0.717, 1.165) is 19.3 Å². The Balaban J connectivity index is 1.95. The standard InChI is InChI=1S/C20H31N3O6S/c1-4-6-19(24)21-12-15-7-5-10-23(14-15)20(25)13-22-30(26,27)18-11-16(28-2)8-9-17(18)29-3/h8-9,11,15,22H,4-7,10,12-14H2,1-3H3,(H,21,24)/t15-/m1/s1. The van der Waals surface area contributed by atoms with E-state index in [0.29, 0.717) is 31.8 Å². The van der Waals surface area contributed by atoms with E-state index >= 15 is 0 Å². The van der Waals surface area contributed by atoms with Crippen molar-refractivity contribution in [2.75, 3.05) is 40.4 Å². The molecule has 0 unspecified atom stereocenters. The summed E-state index contributed by atoms with van der Waals surface area (Å²) in [6.07, 6.45) is 3.02. The molecule has 0 bridgehead atoms. The quantitative estimate of drug-likeness (QED) is 0.563. The normalized spacial score (nSPS) is 16.8. The number of sulfonamides is 1. The molecule has 9 nitrogen and oxygen atoms in total. The third kappa shape index (κ3) is 6.60. The summed E-state index contributed by atoms with van der Waals surface area (Å²) < 4.78 is 38.0. The lowest BCUT2D eigenvalue weighted by Gasteiger charge is -2.33. The Labute approximate surface area is 178 Å². The van der Waals surface area contributed by atoms with Gasteiger partial charge in [0.1, 0.15) is 16.4 Å². The van der Waals surface area contributed by atoms with Crippen molar-refractivity contribution in [1.82, 2.24) is 14.9 Å². The maximum Gasteiger partial charge on any atom is 0.244 e. The van der Waals surface area contributed by atoms with Crippen molar-refractivity contribution < 1.29 is 27.5 Å². The lowest BCUT2D eigenvalue weighted by molar-refractivity contribution is -0.131. The van der Waals surface area contributed by atoms with Gasteiger partial charge in [-0.05, 0) is 37.3 Å². The molecule has 168 valence electrons. The maximum absolute atomic E-state index is 12.7. The number of carbonyl (C=O) groups is 2. The van der Waals surface area contributed by atoms with Gasteiger partial charge < -0.3 is 19.7 Å². The molecule has 0 spiro atoms. The number of piperidine rings is 1. The van der Waals surface area contributed by atoms with E-state index in [4.69, 9.17) is 9.47 Å². The zero-order valence-electron chi connectivity index (χ0n) is 17.8. The van der Waals surface area contributed by atoms with Crippen LogP contribution in [0, 0.1) is 5.92 Å². The van der Waals surface area contributed by atoms with Gasteiger partial charge >= 0.3 is 0 Å². The molecular formula is C20H31N3O6S. The zero-order valence-corrected chi connectivity index (χ0v) is 18.6. The fourth-order valence-electron chi connectivity index (χ4n) is 3.37. The number of carbonyl (C=O) groups excluding carboxylic acids is 2. The van der Waals surface area contributed by atoms with Crippen LogP contribution in [0.1, 0.15) is 32.6 Å². The van der Waals surface area contributed by atoms with Crippen LogP contribution >= 0.6 is 0 Å². The number of amides is 2. The number of ether oxygens (including phenoxy) is 2. The topological polar surface area (TPSA) is 114 Å². The van der Waals surface area contributed by atoms with Gasteiger partial charge in [0.15, 0.2) is 0 Å². The van der Waals surface area contributed by atoms with Crippen LogP contribution in [-0.4, -0.2) is 65.5 Å². The molecule has 1 heterocycles. The molecule has 2 rings (SSSR count). The summed E-state index contributed by atoms with van der Waals surface area (Å²) in [7, 11) is -1.16. The molecule has 10 heteroatoms. The largest absolute Gasteiger partial charge is 0.497 e. The van der Waals surface area contributed by atoms with E-state index in [9.17, 15) is 18.0 Å². The van der Waals surface area contributed by atoms with Gasteiger partial charge in [0.2, 0.25) is 21.8 Å². The van der Waals surface area contributed by atoms with Crippen LogP contribution in [0.3, 0.4) is 0 Å². The molecule has 1 fully saturated rings. The third-order valence-corrected chi connectivity index (χ3v) is 6.43. The van der Waals surface area contributed by atoms with Crippen molar-refractivity contribution in [3.8, 4) is 11.5 Å². The zero-order chi connectivity index (χ0) is 22.1. The van der Waals surface area contributed by atoms with E-state index in [1.54, 1.807) is 11.0 Å². The smallest absolute Gasteiger partial charge is 0.244 e. The molecule has 2 N–H and O–H groups in total. The Hall–Kier alpha value is -2.33. The van der Waals surface area contributed by atoms with E-state index in [-0.39, 0.29) is 34.9 Å². The number of nitrogens with one attached hydrogen (secondary N) is 2. The van der Waals surface area contributed by atoms with Gasteiger partial charge in [-0.15, -0.1) is 0 Å². The Morgan fingerprint density at radius 2 is 2.00 bits per heavy atom. The molecule has 0 saturated carbocycles. The predicted octanol–water partition coefficient (Wildman–Crippen LogP) is 1.14. The number of likely N-dealkylation sites (tertiary alicyclic amines) is 1.